The van der Waals surface area contributed by atoms with Gasteiger partial charge in [-0.2, -0.15) is 0 Å². The second kappa shape index (κ2) is 9.53. The van der Waals surface area contributed by atoms with Gasteiger partial charge in [-0.05, 0) is 37.5 Å². The molecule has 0 unspecified atom stereocenters. The summed E-state index contributed by atoms with van der Waals surface area (Å²) in [5.74, 6) is 0.228. The van der Waals surface area contributed by atoms with Gasteiger partial charge in [0.25, 0.3) is 11.5 Å². The van der Waals surface area contributed by atoms with Gasteiger partial charge in [-0.3, -0.25) is 25.2 Å². The number of para-hydroxylation sites is 1. The monoisotopic (exact) mass is 428 g/mol. The number of H-pyrrole nitrogens is 1. The normalized spacial score (nSPS) is 10.8. The Morgan fingerprint density at radius 3 is 2.67 bits per heavy atom. The minimum absolute atomic E-state index is 0.0671. The van der Waals surface area contributed by atoms with E-state index in [-0.39, 0.29) is 25.0 Å². The second-order valence-corrected chi connectivity index (χ2v) is 8.03. The predicted octanol–water partition coefficient (Wildman–Crippen LogP) is 2.32. The van der Waals surface area contributed by atoms with Crippen molar-refractivity contribution in [2.75, 3.05) is 6.61 Å². The molecule has 0 aliphatic heterocycles. The fourth-order valence-corrected chi connectivity index (χ4v) is 4.02. The third-order valence-electron chi connectivity index (χ3n) is 4.73. The molecule has 0 radical (unpaired) electrons. The molecule has 0 bridgehead atoms. The molecule has 3 rings (SSSR count). The molecule has 1 aromatic carbocycles. The number of hydrogen-bond donors (Lipinski definition) is 3. The van der Waals surface area contributed by atoms with E-state index in [0.29, 0.717) is 21.8 Å². The molecule has 30 heavy (non-hydrogen) atoms. The Kier molecular flexibility index (Phi) is 6.83. The summed E-state index contributed by atoms with van der Waals surface area (Å²) in [4.78, 5) is 45.1. The molecule has 3 aromatic rings. The van der Waals surface area contributed by atoms with Crippen LogP contribution in [0.15, 0.2) is 29.1 Å². The Labute approximate surface area is 177 Å². The molecule has 2 aromatic heterocycles. The van der Waals surface area contributed by atoms with Gasteiger partial charge in [-0.15, -0.1) is 11.3 Å². The number of aromatic nitrogens is 2. The van der Waals surface area contributed by atoms with Gasteiger partial charge in [0.2, 0.25) is 5.91 Å². The summed E-state index contributed by atoms with van der Waals surface area (Å²) in [6, 6.07) is 7.48. The van der Waals surface area contributed by atoms with Gasteiger partial charge in [0.15, 0.2) is 6.61 Å². The number of carbonyl (C=O) groups is 2. The number of ether oxygens (including phenoxy) is 1. The molecule has 0 saturated heterocycles. The Hall–Kier alpha value is -3.20. The summed E-state index contributed by atoms with van der Waals surface area (Å²) in [5.41, 5.74) is 6.41. The molecule has 0 atom stereocenters. The highest BCUT2D eigenvalue weighted by atomic mass is 32.1. The summed E-state index contributed by atoms with van der Waals surface area (Å²) in [5, 5.41) is 0.600. The molecule has 2 heterocycles. The zero-order chi connectivity index (χ0) is 21.7. The maximum Gasteiger partial charge on any atom is 0.276 e. The molecule has 9 heteroatoms. The quantitative estimate of drug-likeness (QED) is 0.500. The van der Waals surface area contributed by atoms with E-state index in [0.717, 1.165) is 22.4 Å². The van der Waals surface area contributed by atoms with Crippen LogP contribution < -0.4 is 21.1 Å². The first-order chi connectivity index (χ1) is 14.4. The van der Waals surface area contributed by atoms with Crippen LogP contribution >= 0.6 is 11.3 Å². The first-order valence-electron chi connectivity index (χ1n) is 9.66. The van der Waals surface area contributed by atoms with Crippen molar-refractivity contribution >= 4 is 33.4 Å². The lowest BCUT2D eigenvalue weighted by atomic mass is 10.1. The van der Waals surface area contributed by atoms with E-state index in [9.17, 15) is 14.4 Å². The number of fused-ring (bicyclic) bond motifs is 1. The van der Waals surface area contributed by atoms with Crippen molar-refractivity contribution in [3.63, 3.8) is 0 Å². The molecular formula is C21H24N4O4S. The maximum absolute atomic E-state index is 12.3. The average Bonchev–Trinajstić information content (AvgIpc) is 3.03. The molecule has 0 aliphatic rings. The van der Waals surface area contributed by atoms with E-state index in [1.807, 2.05) is 39.0 Å². The van der Waals surface area contributed by atoms with Crippen molar-refractivity contribution < 1.29 is 14.3 Å². The number of nitrogens with zero attached hydrogens (tertiary/aromatic N) is 1. The van der Waals surface area contributed by atoms with Crippen LogP contribution in [-0.2, 0) is 22.4 Å². The van der Waals surface area contributed by atoms with Gasteiger partial charge < -0.3 is 9.72 Å². The minimum atomic E-state index is -0.466. The van der Waals surface area contributed by atoms with Crippen molar-refractivity contribution in [3.8, 4) is 5.75 Å². The Morgan fingerprint density at radius 2 is 1.90 bits per heavy atom. The molecule has 8 nitrogen and oxygen atoms in total. The van der Waals surface area contributed by atoms with E-state index in [4.69, 9.17) is 4.74 Å². The van der Waals surface area contributed by atoms with Crippen molar-refractivity contribution in [3.05, 3.63) is 56.4 Å². The molecule has 2 amide bonds. The number of aromatic amines is 1. The minimum Gasteiger partial charge on any atom is -0.483 e. The Balaban J connectivity index is 1.47. The highest BCUT2D eigenvalue weighted by molar-refractivity contribution is 7.18. The summed E-state index contributed by atoms with van der Waals surface area (Å²) < 4.78 is 5.51. The Bertz CT molecular complexity index is 1140. The van der Waals surface area contributed by atoms with Crippen molar-refractivity contribution in [2.24, 2.45) is 0 Å². The molecule has 0 spiro atoms. The zero-order valence-electron chi connectivity index (χ0n) is 17.1. The van der Waals surface area contributed by atoms with Gasteiger partial charge >= 0.3 is 0 Å². The van der Waals surface area contributed by atoms with E-state index >= 15 is 0 Å². The van der Waals surface area contributed by atoms with Gasteiger partial charge in [0.1, 0.15) is 16.4 Å². The van der Waals surface area contributed by atoms with Gasteiger partial charge in [-0.25, -0.2) is 4.98 Å². The molecule has 0 saturated carbocycles. The van der Waals surface area contributed by atoms with Crippen LogP contribution in [0.1, 0.15) is 35.2 Å². The lowest BCUT2D eigenvalue weighted by Gasteiger charge is -2.11. The van der Waals surface area contributed by atoms with Crippen LogP contribution in [-0.4, -0.2) is 28.4 Å². The standard InChI is InChI=1S/C21H24N4O4S/c1-4-14-7-5-6-8-15(14)29-11-18(27)25-24-17(26)10-9-16-22-20(28)19-12(2)13(3)30-21(19)23-16/h5-8H,4,9-11H2,1-3H3,(H,24,26)(H,25,27)(H,22,23,28). The number of hydrazine groups is 1. The third-order valence-corrected chi connectivity index (χ3v) is 5.83. The first-order valence-corrected chi connectivity index (χ1v) is 10.5. The number of hydrogen-bond acceptors (Lipinski definition) is 6. The topological polar surface area (TPSA) is 113 Å². The number of rotatable bonds is 7. The largest absolute Gasteiger partial charge is 0.483 e. The molecule has 0 aliphatic carbocycles. The smallest absolute Gasteiger partial charge is 0.276 e. The van der Waals surface area contributed by atoms with Crippen molar-refractivity contribution in [1.82, 2.24) is 20.8 Å². The van der Waals surface area contributed by atoms with E-state index in [1.165, 1.54) is 11.3 Å². The van der Waals surface area contributed by atoms with Gasteiger partial charge in [0.05, 0.1) is 5.39 Å². The van der Waals surface area contributed by atoms with Crippen molar-refractivity contribution in [2.45, 2.75) is 40.0 Å². The predicted molar refractivity (Wildman–Crippen MR) is 116 cm³/mol. The summed E-state index contributed by atoms with van der Waals surface area (Å²) in [7, 11) is 0. The number of aryl methyl sites for hydroxylation is 4. The maximum atomic E-state index is 12.3. The van der Waals surface area contributed by atoms with Crippen LogP contribution in [0.2, 0.25) is 0 Å². The van der Waals surface area contributed by atoms with E-state index in [2.05, 4.69) is 20.8 Å². The number of benzene rings is 1. The van der Waals surface area contributed by atoms with E-state index in [1.54, 1.807) is 6.07 Å². The lowest BCUT2D eigenvalue weighted by Crippen LogP contribution is -2.44. The average molecular weight is 429 g/mol. The number of nitrogens with one attached hydrogen (secondary N) is 3. The van der Waals surface area contributed by atoms with Crippen LogP contribution in [0.25, 0.3) is 10.2 Å². The fourth-order valence-electron chi connectivity index (χ4n) is 2.97. The summed E-state index contributed by atoms with van der Waals surface area (Å²) >= 11 is 1.46. The highest BCUT2D eigenvalue weighted by Crippen LogP contribution is 2.25. The number of carbonyl (C=O) groups excluding carboxylic acids is 2. The summed E-state index contributed by atoms with van der Waals surface area (Å²) in [6.07, 6.45) is 1.11. The Morgan fingerprint density at radius 1 is 1.17 bits per heavy atom. The van der Waals surface area contributed by atoms with Crippen LogP contribution in [0.5, 0.6) is 5.75 Å². The van der Waals surface area contributed by atoms with Crippen LogP contribution in [0, 0.1) is 13.8 Å². The number of amides is 2. The van der Waals surface area contributed by atoms with Crippen LogP contribution in [0.4, 0.5) is 0 Å². The first kappa shape index (κ1) is 21.5. The number of thiophene rings is 1. The lowest BCUT2D eigenvalue weighted by molar-refractivity contribution is -0.130. The summed E-state index contributed by atoms with van der Waals surface area (Å²) in [6.45, 7) is 5.63. The third kappa shape index (κ3) is 5.04. The molecule has 3 N–H and O–H groups in total. The SMILES string of the molecule is CCc1ccccc1OCC(=O)NNC(=O)CCc1nc2sc(C)c(C)c2c(=O)[nH]1. The zero-order valence-corrected chi connectivity index (χ0v) is 17.9. The molecular weight excluding hydrogens is 404 g/mol. The molecule has 158 valence electrons. The van der Waals surface area contributed by atoms with Crippen molar-refractivity contribution in [1.29, 1.82) is 0 Å². The molecule has 0 fully saturated rings. The van der Waals surface area contributed by atoms with Gasteiger partial charge in [0, 0.05) is 17.7 Å². The van der Waals surface area contributed by atoms with Gasteiger partial charge in [-0.1, -0.05) is 25.1 Å². The highest BCUT2D eigenvalue weighted by Gasteiger charge is 2.13. The van der Waals surface area contributed by atoms with E-state index < -0.39 is 11.8 Å². The fraction of sp³-hybridized carbons (Fsp3) is 0.333. The van der Waals surface area contributed by atoms with Crippen LogP contribution in [0.3, 0.4) is 0 Å². The second-order valence-electron chi connectivity index (χ2n) is 6.82.